The zero-order valence-corrected chi connectivity index (χ0v) is 26.8. The van der Waals surface area contributed by atoms with E-state index < -0.39 is 32.6 Å². The van der Waals surface area contributed by atoms with Gasteiger partial charge in [-0.2, -0.15) is 0 Å². The van der Waals surface area contributed by atoms with Gasteiger partial charge < -0.3 is 13.7 Å². The molecule has 0 N–H and O–H groups in total. The van der Waals surface area contributed by atoms with Gasteiger partial charge in [0.2, 0.25) is 5.43 Å². The molecule has 0 aliphatic heterocycles. The molecule has 212 valence electrons. The van der Waals surface area contributed by atoms with Crippen molar-refractivity contribution in [3.8, 4) is 0 Å². The van der Waals surface area contributed by atoms with Crippen molar-refractivity contribution in [1.82, 2.24) is 9.55 Å². The molecule has 6 nitrogen and oxygen atoms in total. The first-order valence-corrected chi connectivity index (χ1v) is 15.1. The number of esters is 1. The van der Waals surface area contributed by atoms with Gasteiger partial charge in [0.05, 0.1) is 34.2 Å². The van der Waals surface area contributed by atoms with E-state index in [1.807, 2.05) is 18.4 Å². The second-order valence-corrected chi connectivity index (χ2v) is 15.3. The molecule has 2 heterocycles. The molecular weight excluding hydrogens is 558 g/mol. The normalized spacial score (nSPS) is 13.5. The molecule has 0 saturated carbocycles. The second-order valence-electron chi connectivity index (χ2n) is 11.8. The van der Waals surface area contributed by atoms with Gasteiger partial charge >= 0.3 is 5.97 Å². The van der Waals surface area contributed by atoms with Gasteiger partial charge in [0.1, 0.15) is 11.4 Å². The summed E-state index contributed by atoms with van der Waals surface area (Å²) in [7, 11) is -0.946. The van der Waals surface area contributed by atoms with Crippen LogP contribution in [0.3, 0.4) is 0 Å². The molecule has 0 aliphatic rings. The van der Waals surface area contributed by atoms with E-state index in [0.717, 1.165) is 0 Å². The number of aromatic nitrogens is 2. The molecule has 0 radical (unpaired) electrons. The Kier molecular flexibility index (Phi) is 9.69. The van der Waals surface area contributed by atoms with Gasteiger partial charge in [-0.15, -0.1) is 0 Å². The third-order valence-electron chi connectivity index (χ3n) is 6.44. The van der Waals surface area contributed by atoms with Gasteiger partial charge in [0.25, 0.3) is 0 Å². The minimum absolute atomic E-state index is 0.00727. The van der Waals surface area contributed by atoms with E-state index in [-0.39, 0.29) is 51.2 Å². The molecule has 1 atom stereocenters. The van der Waals surface area contributed by atoms with Crippen molar-refractivity contribution in [2.45, 2.75) is 78.5 Å². The van der Waals surface area contributed by atoms with E-state index in [1.54, 1.807) is 25.1 Å². The summed E-state index contributed by atoms with van der Waals surface area (Å²) in [5.41, 5.74) is -0.224. The zero-order chi connectivity index (χ0) is 29.3. The van der Waals surface area contributed by atoms with Crippen molar-refractivity contribution in [3.05, 3.63) is 73.5 Å². The molecule has 0 bridgehead atoms. The topological polar surface area (TPSA) is 70.4 Å². The third-order valence-corrected chi connectivity index (χ3v) is 8.75. The van der Waals surface area contributed by atoms with Crippen LogP contribution in [0.1, 0.15) is 83.0 Å². The number of pyridine rings is 2. The quantitative estimate of drug-likeness (QED) is 0.153. The van der Waals surface area contributed by atoms with E-state index in [4.69, 9.17) is 32.4 Å². The average Bonchev–Trinajstić information content (AvgIpc) is 2.82. The van der Waals surface area contributed by atoms with Crippen molar-refractivity contribution < 1.29 is 18.3 Å². The Hall–Kier alpha value is -2.26. The molecule has 0 unspecified atom stereocenters. The molecule has 10 heteroatoms. The summed E-state index contributed by atoms with van der Waals surface area (Å²) in [6, 6.07) is 5.97. The lowest BCUT2D eigenvalue weighted by Crippen LogP contribution is -2.42. The van der Waals surface area contributed by atoms with Gasteiger partial charge in [-0.1, -0.05) is 70.0 Å². The van der Waals surface area contributed by atoms with Crippen molar-refractivity contribution in [1.29, 1.82) is 0 Å². The molecule has 3 rings (SSSR count). The second kappa shape index (κ2) is 12.1. The molecule has 2 aromatic heterocycles. The Morgan fingerprint density at radius 3 is 2.44 bits per heavy atom. The Morgan fingerprint density at radius 1 is 1.18 bits per heavy atom. The number of benzene rings is 1. The first kappa shape index (κ1) is 31.3. The number of rotatable bonds is 9. The van der Waals surface area contributed by atoms with Gasteiger partial charge in [-0.05, 0) is 49.4 Å². The Balaban J connectivity index is 2.30. The standard InChI is InChI=1S/C29H37Cl2FN2O4Si/c1-9-37-27(36)20-15-34(25(16(2)3)29(7,8)38-39-28(4,5)6)23-19(24(20)35)14-18(33-26(23)31)13-17-11-10-12-21(30)22(17)32/h10-12,14-16,25H,9,13,39H2,1-8H3/t25-/m0/s1. The summed E-state index contributed by atoms with van der Waals surface area (Å²) in [6.45, 7) is 16.4. The number of carbonyl (C=O) groups excluding carboxylic acids is 1. The Morgan fingerprint density at radius 2 is 1.85 bits per heavy atom. The van der Waals surface area contributed by atoms with E-state index in [9.17, 15) is 14.0 Å². The SMILES string of the molecule is CCOC(=O)c1cn([C@@H](C(C)C)C(C)(C)O[SiH2]C(C)(C)C)c2c(Cl)nc(Cc3cccc(Cl)c3F)cc2c1=O. The molecule has 3 aromatic rings. The Bertz CT molecular complexity index is 1430. The minimum Gasteiger partial charge on any atom is -0.462 e. The molecule has 39 heavy (non-hydrogen) atoms. The highest BCUT2D eigenvalue weighted by atomic mass is 35.5. The maximum absolute atomic E-state index is 14.7. The van der Waals surface area contributed by atoms with Crippen LogP contribution in [0.5, 0.6) is 0 Å². The molecule has 0 amide bonds. The first-order chi connectivity index (χ1) is 18.1. The highest BCUT2D eigenvalue weighted by Gasteiger charge is 2.37. The summed E-state index contributed by atoms with van der Waals surface area (Å²) >= 11 is 12.7. The fraction of sp³-hybridized carbons (Fsp3) is 0.483. The van der Waals surface area contributed by atoms with E-state index in [1.165, 1.54) is 12.3 Å². The van der Waals surface area contributed by atoms with Crippen LogP contribution >= 0.6 is 23.2 Å². The number of ether oxygens (including phenoxy) is 1. The van der Waals surface area contributed by atoms with Gasteiger partial charge in [-0.3, -0.25) is 4.79 Å². The number of fused-ring (bicyclic) bond motifs is 1. The van der Waals surface area contributed by atoms with E-state index in [0.29, 0.717) is 16.8 Å². The number of hydrogen-bond acceptors (Lipinski definition) is 5. The van der Waals surface area contributed by atoms with Gasteiger partial charge in [0, 0.05) is 18.3 Å². The van der Waals surface area contributed by atoms with Crippen LogP contribution < -0.4 is 5.43 Å². The Labute approximate surface area is 241 Å². The van der Waals surface area contributed by atoms with Crippen molar-refractivity contribution in [2.24, 2.45) is 5.92 Å². The number of hydrogen-bond donors (Lipinski definition) is 0. The minimum atomic E-state index is -0.946. The molecule has 0 spiro atoms. The van der Waals surface area contributed by atoms with Crippen LogP contribution in [0.4, 0.5) is 4.39 Å². The fourth-order valence-electron chi connectivity index (χ4n) is 4.87. The van der Waals surface area contributed by atoms with Crippen LogP contribution in [0.25, 0.3) is 10.9 Å². The summed E-state index contributed by atoms with van der Waals surface area (Å²) in [4.78, 5) is 31.1. The fourth-order valence-corrected chi connectivity index (χ4v) is 6.35. The van der Waals surface area contributed by atoms with Crippen LogP contribution in [-0.2, 0) is 15.6 Å². The van der Waals surface area contributed by atoms with E-state index in [2.05, 4.69) is 39.6 Å². The predicted octanol–water partition coefficient (Wildman–Crippen LogP) is 6.90. The summed E-state index contributed by atoms with van der Waals surface area (Å²) in [6.07, 6.45) is 1.57. The zero-order valence-electron chi connectivity index (χ0n) is 23.8. The molecule has 0 fully saturated rings. The lowest BCUT2D eigenvalue weighted by atomic mass is 9.88. The molecule has 1 aromatic carbocycles. The summed E-state index contributed by atoms with van der Waals surface area (Å²) in [5.74, 6) is -1.25. The van der Waals surface area contributed by atoms with E-state index >= 15 is 0 Å². The van der Waals surface area contributed by atoms with Crippen LogP contribution in [-0.4, -0.2) is 37.5 Å². The molecule has 0 aliphatic carbocycles. The molecule has 0 saturated heterocycles. The largest absolute Gasteiger partial charge is 0.462 e. The predicted molar refractivity (Wildman–Crippen MR) is 158 cm³/mol. The van der Waals surface area contributed by atoms with Gasteiger partial charge in [0.15, 0.2) is 14.9 Å². The van der Waals surface area contributed by atoms with Crippen molar-refractivity contribution >= 4 is 49.8 Å². The van der Waals surface area contributed by atoms with Gasteiger partial charge in [-0.25, -0.2) is 14.2 Å². The monoisotopic (exact) mass is 594 g/mol. The van der Waals surface area contributed by atoms with Crippen molar-refractivity contribution in [2.75, 3.05) is 6.61 Å². The maximum atomic E-state index is 14.7. The first-order valence-electron chi connectivity index (χ1n) is 13.1. The smallest absolute Gasteiger partial charge is 0.343 e. The molecular formula is C29H37Cl2FN2O4Si. The number of halogens is 3. The average molecular weight is 596 g/mol. The summed E-state index contributed by atoms with van der Waals surface area (Å²) in [5, 5.41) is 0.330. The third kappa shape index (κ3) is 7.09. The van der Waals surface area contributed by atoms with Crippen LogP contribution in [0.2, 0.25) is 15.2 Å². The van der Waals surface area contributed by atoms with Crippen LogP contribution in [0.15, 0.2) is 35.3 Å². The highest BCUT2D eigenvalue weighted by molar-refractivity contribution is 6.34. The van der Waals surface area contributed by atoms with Crippen molar-refractivity contribution in [3.63, 3.8) is 0 Å². The summed E-state index contributed by atoms with van der Waals surface area (Å²) < 4.78 is 28.3. The highest BCUT2D eigenvalue weighted by Crippen LogP contribution is 2.38. The maximum Gasteiger partial charge on any atom is 0.343 e. The lowest BCUT2D eigenvalue weighted by Gasteiger charge is -2.41. The number of carbonyl (C=O) groups is 1. The number of nitrogens with zero attached hydrogens (tertiary/aromatic N) is 2. The lowest BCUT2D eigenvalue weighted by molar-refractivity contribution is 0.0287. The van der Waals surface area contributed by atoms with Crippen LogP contribution in [0, 0.1) is 11.7 Å².